The maximum absolute atomic E-state index is 12.2. The lowest BCUT2D eigenvalue weighted by atomic mass is 10.0. The van der Waals surface area contributed by atoms with E-state index in [1.165, 1.54) is 6.20 Å². The molecule has 0 spiro atoms. The van der Waals surface area contributed by atoms with Crippen molar-refractivity contribution in [2.75, 3.05) is 0 Å². The lowest BCUT2D eigenvalue weighted by molar-refractivity contribution is -0.139. The first-order valence-electron chi connectivity index (χ1n) is 8.22. The lowest BCUT2D eigenvalue weighted by Crippen LogP contribution is -2.42. The van der Waals surface area contributed by atoms with Crippen molar-refractivity contribution in [3.8, 4) is 11.1 Å². The Labute approximate surface area is 151 Å². The molecule has 0 saturated heterocycles. The van der Waals surface area contributed by atoms with E-state index in [0.717, 1.165) is 16.7 Å². The zero-order valence-electron chi connectivity index (χ0n) is 14.0. The van der Waals surface area contributed by atoms with Gasteiger partial charge in [-0.2, -0.15) is 0 Å². The van der Waals surface area contributed by atoms with Crippen LogP contribution in [0.2, 0.25) is 0 Å². The standard InChI is InChI=1S/C21H18N2O3/c24-20(18-8-4-5-13-22-18)23-19(21(25)26)14-15-9-11-17(12-10-15)16-6-2-1-3-7-16/h1-13,19H,14H2,(H,23,24)(H,25,26)/t19-/m0/s1. The van der Waals surface area contributed by atoms with E-state index >= 15 is 0 Å². The van der Waals surface area contributed by atoms with E-state index in [0.29, 0.717) is 0 Å². The topological polar surface area (TPSA) is 79.3 Å². The largest absolute Gasteiger partial charge is 0.480 e. The van der Waals surface area contributed by atoms with Gasteiger partial charge in [0.2, 0.25) is 0 Å². The second-order valence-electron chi connectivity index (χ2n) is 5.85. The molecule has 2 aromatic carbocycles. The summed E-state index contributed by atoms with van der Waals surface area (Å²) in [5, 5.41) is 12.0. The molecule has 130 valence electrons. The van der Waals surface area contributed by atoms with Crippen molar-refractivity contribution < 1.29 is 14.7 Å². The summed E-state index contributed by atoms with van der Waals surface area (Å²) in [6.45, 7) is 0. The van der Waals surface area contributed by atoms with Gasteiger partial charge in [-0.3, -0.25) is 9.78 Å². The number of nitrogens with one attached hydrogen (secondary N) is 1. The van der Waals surface area contributed by atoms with Crippen LogP contribution in [0, 0.1) is 0 Å². The summed E-state index contributed by atoms with van der Waals surface area (Å²) in [5.74, 6) is -1.58. The summed E-state index contributed by atoms with van der Waals surface area (Å²) in [5.41, 5.74) is 3.17. The van der Waals surface area contributed by atoms with Crippen LogP contribution >= 0.6 is 0 Å². The molecule has 1 atom stereocenters. The molecule has 0 radical (unpaired) electrons. The lowest BCUT2D eigenvalue weighted by Gasteiger charge is -2.14. The predicted octanol–water partition coefficient (Wildman–Crippen LogP) is 3.17. The van der Waals surface area contributed by atoms with Gasteiger partial charge in [0.1, 0.15) is 11.7 Å². The van der Waals surface area contributed by atoms with E-state index in [1.807, 2.05) is 54.6 Å². The van der Waals surface area contributed by atoms with Crippen LogP contribution in [-0.2, 0) is 11.2 Å². The quantitative estimate of drug-likeness (QED) is 0.718. The Hall–Kier alpha value is -3.47. The number of carboxylic acid groups (broad SMARTS) is 1. The number of benzene rings is 2. The monoisotopic (exact) mass is 346 g/mol. The molecule has 3 rings (SSSR count). The molecule has 0 unspecified atom stereocenters. The van der Waals surface area contributed by atoms with Gasteiger partial charge in [0.05, 0.1) is 0 Å². The molecule has 5 heteroatoms. The Morgan fingerprint density at radius 3 is 2.15 bits per heavy atom. The average Bonchev–Trinajstić information content (AvgIpc) is 2.69. The fourth-order valence-corrected chi connectivity index (χ4v) is 2.63. The highest BCUT2D eigenvalue weighted by Crippen LogP contribution is 2.19. The number of aromatic nitrogens is 1. The first kappa shape index (κ1) is 17.4. The summed E-state index contributed by atoms with van der Waals surface area (Å²) >= 11 is 0. The van der Waals surface area contributed by atoms with Gasteiger partial charge < -0.3 is 10.4 Å². The molecule has 1 heterocycles. The highest BCUT2D eigenvalue weighted by Gasteiger charge is 2.21. The summed E-state index contributed by atoms with van der Waals surface area (Å²) in [4.78, 5) is 27.6. The molecular weight excluding hydrogens is 328 g/mol. The van der Waals surface area contributed by atoms with E-state index in [9.17, 15) is 14.7 Å². The normalized spacial score (nSPS) is 11.5. The van der Waals surface area contributed by atoms with Crippen LogP contribution in [0.5, 0.6) is 0 Å². The van der Waals surface area contributed by atoms with Gasteiger partial charge >= 0.3 is 5.97 Å². The van der Waals surface area contributed by atoms with E-state index in [1.54, 1.807) is 18.2 Å². The number of carbonyl (C=O) groups is 2. The van der Waals surface area contributed by atoms with E-state index < -0.39 is 17.9 Å². The third-order valence-electron chi connectivity index (χ3n) is 4.00. The number of rotatable bonds is 6. The van der Waals surface area contributed by atoms with Gasteiger partial charge in [-0.05, 0) is 28.8 Å². The van der Waals surface area contributed by atoms with Crippen LogP contribution in [0.4, 0.5) is 0 Å². The molecule has 1 aromatic heterocycles. The molecule has 5 nitrogen and oxygen atoms in total. The molecular formula is C21H18N2O3. The molecule has 3 aromatic rings. The van der Waals surface area contributed by atoms with E-state index in [4.69, 9.17) is 0 Å². The van der Waals surface area contributed by atoms with Crippen molar-refractivity contribution in [2.24, 2.45) is 0 Å². The number of nitrogens with zero attached hydrogens (tertiary/aromatic N) is 1. The van der Waals surface area contributed by atoms with E-state index in [2.05, 4.69) is 10.3 Å². The van der Waals surface area contributed by atoms with Crippen molar-refractivity contribution in [3.05, 3.63) is 90.3 Å². The molecule has 26 heavy (non-hydrogen) atoms. The SMILES string of the molecule is O=C(N[C@@H](Cc1ccc(-c2ccccc2)cc1)C(=O)O)c1ccccn1. The van der Waals surface area contributed by atoms with Gasteiger partial charge in [0.15, 0.2) is 0 Å². The van der Waals surface area contributed by atoms with Gasteiger partial charge in [0.25, 0.3) is 5.91 Å². The van der Waals surface area contributed by atoms with Gasteiger partial charge in [-0.15, -0.1) is 0 Å². The third kappa shape index (κ3) is 4.33. The van der Waals surface area contributed by atoms with Crippen LogP contribution in [0.15, 0.2) is 79.0 Å². The minimum Gasteiger partial charge on any atom is -0.480 e. The second-order valence-corrected chi connectivity index (χ2v) is 5.85. The molecule has 2 N–H and O–H groups in total. The van der Waals surface area contributed by atoms with Crippen LogP contribution in [0.3, 0.4) is 0 Å². The highest BCUT2D eigenvalue weighted by molar-refractivity contribution is 5.94. The Balaban J connectivity index is 1.70. The van der Waals surface area contributed by atoms with E-state index in [-0.39, 0.29) is 12.1 Å². The fourth-order valence-electron chi connectivity index (χ4n) is 2.63. The Bertz CT molecular complexity index is 878. The number of pyridine rings is 1. The minimum absolute atomic E-state index is 0.193. The first-order chi connectivity index (χ1) is 12.6. The molecule has 1 amide bonds. The zero-order valence-corrected chi connectivity index (χ0v) is 14.0. The molecule has 0 fully saturated rings. The number of hydrogen-bond donors (Lipinski definition) is 2. The Morgan fingerprint density at radius 1 is 0.885 bits per heavy atom. The van der Waals surface area contributed by atoms with Gasteiger partial charge in [-0.1, -0.05) is 60.7 Å². The van der Waals surface area contributed by atoms with Crippen molar-refractivity contribution in [2.45, 2.75) is 12.5 Å². The molecule has 0 aliphatic rings. The third-order valence-corrected chi connectivity index (χ3v) is 4.00. The predicted molar refractivity (Wildman–Crippen MR) is 98.7 cm³/mol. The maximum atomic E-state index is 12.2. The Morgan fingerprint density at radius 2 is 1.54 bits per heavy atom. The molecule has 0 bridgehead atoms. The van der Waals surface area contributed by atoms with Gasteiger partial charge in [-0.25, -0.2) is 4.79 Å². The van der Waals surface area contributed by atoms with Crippen LogP contribution in [0.1, 0.15) is 16.1 Å². The Kier molecular flexibility index (Phi) is 5.39. The van der Waals surface area contributed by atoms with Crippen molar-refractivity contribution in [3.63, 3.8) is 0 Å². The maximum Gasteiger partial charge on any atom is 0.326 e. The number of hydrogen-bond acceptors (Lipinski definition) is 3. The van der Waals surface area contributed by atoms with Crippen LogP contribution in [-0.4, -0.2) is 28.0 Å². The van der Waals surface area contributed by atoms with Gasteiger partial charge in [0, 0.05) is 12.6 Å². The number of carbonyl (C=O) groups excluding carboxylic acids is 1. The van der Waals surface area contributed by atoms with Crippen LogP contribution < -0.4 is 5.32 Å². The van der Waals surface area contributed by atoms with Crippen molar-refractivity contribution >= 4 is 11.9 Å². The minimum atomic E-state index is -1.08. The number of carboxylic acids is 1. The smallest absolute Gasteiger partial charge is 0.326 e. The second kappa shape index (κ2) is 8.07. The average molecular weight is 346 g/mol. The van der Waals surface area contributed by atoms with Crippen molar-refractivity contribution in [1.82, 2.24) is 10.3 Å². The summed E-state index contributed by atoms with van der Waals surface area (Å²) in [7, 11) is 0. The summed E-state index contributed by atoms with van der Waals surface area (Å²) in [6.07, 6.45) is 1.69. The first-order valence-corrected chi connectivity index (χ1v) is 8.22. The zero-order chi connectivity index (χ0) is 18.4. The molecule has 0 aliphatic heterocycles. The summed E-state index contributed by atoms with van der Waals surface area (Å²) in [6, 6.07) is 21.5. The summed E-state index contributed by atoms with van der Waals surface area (Å²) < 4.78 is 0. The van der Waals surface area contributed by atoms with Crippen LogP contribution in [0.25, 0.3) is 11.1 Å². The number of amides is 1. The molecule has 0 aliphatic carbocycles. The highest BCUT2D eigenvalue weighted by atomic mass is 16.4. The fraction of sp³-hybridized carbons (Fsp3) is 0.0952. The number of aliphatic carboxylic acids is 1. The molecule has 0 saturated carbocycles. The van der Waals surface area contributed by atoms with Crippen molar-refractivity contribution in [1.29, 1.82) is 0 Å².